The zero-order chi connectivity index (χ0) is 16.3. The van der Waals surface area contributed by atoms with Crippen LogP contribution >= 0.6 is 15.9 Å². The summed E-state index contributed by atoms with van der Waals surface area (Å²) in [7, 11) is 1.67. The van der Waals surface area contributed by atoms with Crippen LogP contribution in [0.5, 0.6) is 0 Å². The van der Waals surface area contributed by atoms with Gasteiger partial charge in [-0.15, -0.1) is 0 Å². The van der Waals surface area contributed by atoms with E-state index in [2.05, 4.69) is 21.2 Å². The van der Waals surface area contributed by atoms with E-state index in [0.717, 1.165) is 24.7 Å². The highest BCUT2D eigenvalue weighted by molar-refractivity contribution is 9.10. The highest BCUT2D eigenvalue weighted by atomic mass is 79.9. The topological polar surface area (TPSA) is 47.6 Å². The fourth-order valence-electron chi connectivity index (χ4n) is 5.59. The molecule has 0 radical (unpaired) electrons. The summed E-state index contributed by atoms with van der Waals surface area (Å²) in [4.78, 5) is 12.4. The molecule has 0 saturated heterocycles. The van der Waals surface area contributed by atoms with Crippen LogP contribution in [0.15, 0.2) is 0 Å². The standard InChI is InChI=1S/C18H30BrNO3/c1-22-5-6-23-4-2-3-20-16(21)12-17-8-14-7-15(9-17)11-18(19,10-14)13-17/h14-15H,2-13H2,1H3,(H,20,21). The van der Waals surface area contributed by atoms with Crippen molar-refractivity contribution in [2.75, 3.05) is 33.5 Å². The molecule has 1 N–H and O–H groups in total. The van der Waals surface area contributed by atoms with E-state index >= 15 is 0 Å². The molecule has 4 fully saturated rings. The maximum absolute atomic E-state index is 12.4. The number of hydrogen-bond donors (Lipinski definition) is 1. The van der Waals surface area contributed by atoms with Crippen LogP contribution in [0.1, 0.15) is 51.4 Å². The average molecular weight is 388 g/mol. The van der Waals surface area contributed by atoms with E-state index in [1.54, 1.807) is 7.11 Å². The molecule has 4 rings (SSSR count). The molecule has 0 heterocycles. The van der Waals surface area contributed by atoms with E-state index in [1.165, 1.54) is 38.5 Å². The molecule has 0 aliphatic heterocycles. The van der Waals surface area contributed by atoms with Gasteiger partial charge in [0, 0.05) is 31.0 Å². The van der Waals surface area contributed by atoms with Gasteiger partial charge < -0.3 is 14.8 Å². The van der Waals surface area contributed by atoms with Crippen molar-refractivity contribution >= 4 is 21.8 Å². The number of carbonyl (C=O) groups is 1. The summed E-state index contributed by atoms with van der Waals surface area (Å²) in [6, 6.07) is 0. The lowest BCUT2D eigenvalue weighted by Gasteiger charge is -2.60. The zero-order valence-electron chi connectivity index (χ0n) is 14.2. The van der Waals surface area contributed by atoms with Gasteiger partial charge in [-0.3, -0.25) is 4.79 Å². The number of amides is 1. The Hall–Kier alpha value is -0.130. The van der Waals surface area contributed by atoms with Crippen molar-refractivity contribution in [1.82, 2.24) is 5.32 Å². The minimum atomic E-state index is 0.236. The molecule has 2 unspecified atom stereocenters. The Balaban J connectivity index is 1.38. The van der Waals surface area contributed by atoms with E-state index in [9.17, 15) is 4.79 Å². The normalized spacial score (nSPS) is 38.0. The van der Waals surface area contributed by atoms with Gasteiger partial charge in [0.1, 0.15) is 0 Å². The molecule has 5 heteroatoms. The second kappa shape index (κ2) is 7.40. The van der Waals surface area contributed by atoms with Gasteiger partial charge in [-0.05, 0) is 62.2 Å². The highest BCUT2D eigenvalue weighted by Gasteiger charge is 2.57. The maximum atomic E-state index is 12.4. The molecule has 4 bridgehead atoms. The molecule has 0 aromatic carbocycles. The summed E-state index contributed by atoms with van der Waals surface area (Å²) in [5.41, 5.74) is 0.270. The molecule has 2 atom stereocenters. The van der Waals surface area contributed by atoms with Crippen LogP contribution in [0.4, 0.5) is 0 Å². The Morgan fingerprint density at radius 2 is 1.91 bits per heavy atom. The van der Waals surface area contributed by atoms with Gasteiger partial charge in [-0.2, -0.15) is 0 Å². The smallest absolute Gasteiger partial charge is 0.220 e. The van der Waals surface area contributed by atoms with Crippen LogP contribution in [0.2, 0.25) is 0 Å². The average Bonchev–Trinajstić information content (AvgIpc) is 2.43. The summed E-state index contributed by atoms with van der Waals surface area (Å²) < 4.78 is 10.7. The highest BCUT2D eigenvalue weighted by Crippen LogP contribution is 2.65. The molecule has 4 aliphatic rings. The minimum Gasteiger partial charge on any atom is -0.382 e. The van der Waals surface area contributed by atoms with Gasteiger partial charge in [0.25, 0.3) is 0 Å². The number of methoxy groups -OCH3 is 1. The molecule has 1 amide bonds. The number of hydrogen-bond acceptors (Lipinski definition) is 3. The predicted molar refractivity (Wildman–Crippen MR) is 93.7 cm³/mol. The summed E-state index contributed by atoms with van der Waals surface area (Å²) in [6.07, 6.45) is 9.37. The van der Waals surface area contributed by atoms with E-state index in [-0.39, 0.29) is 11.3 Å². The van der Waals surface area contributed by atoms with E-state index in [4.69, 9.17) is 9.47 Å². The number of halogens is 1. The van der Waals surface area contributed by atoms with Gasteiger partial charge in [-0.1, -0.05) is 15.9 Å². The SMILES string of the molecule is COCCOCCCNC(=O)CC12CC3CC(CC(Br)(C3)C1)C2. The largest absolute Gasteiger partial charge is 0.382 e. The van der Waals surface area contributed by atoms with E-state index in [0.29, 0.717) is 30.7 Å². The number of rotatable bonds is 9. The van der Waals surface area contributed by atoms with Gasteiger partial charge in [0.15, 0.2) is 0 Å². The Kier molecular flexibility index (Phi) is 5.69. The molecule has 4 nitrogen and oxygen atoms in total. The van der Waals surface area contributed by atoms with Crippen molar-refractivity contribution in [2.24, 2.45) is 17.3 Å². The fraction of sp³-hybridized carbons (Fsp3) is 0.944. The van der Waals surface area contributed by atoms with Crippen LogP contribution in [0, 0.1) is 17.3 Å². The minimum absolute atomic E-state index is 0.236. The van der Waals surface area contributed by atoms with Crippen LogP contribution < -0.4 is 5.32 Å². The first-order valence-electron chi connectivity index (χ1n) is 9.05. The molecular weight excluding hydrogens is 358 g/mol. The fourth-order valence-corrected chi connectivity index (χ4v) is 7.10. The zero-order valence-corrected chi connectivity index (χ0v) is 15.8. The van der Waals surface area contributed by atoms with Crippen molar-refractivity contribution in [3.8, 4) is 0 Å². The van der Waals surface area contributed by atoms with Crippen LogP contribution in [-0.4, -0.2) is 43.7 Å². The van der Waals surface area contributed by atoms with E-state index in [1.807, 2.05) is 0 Å². The Morgan fingerprint density at radius 1 is 1.17 bits per heavy atom. The Bertz CT molecular complexity index is 414. The third-order valence-corrected chi connectivity index (χ3v) is 6.79. The third kappa shape index (κ3) is 4.49. The molecular formula is C18H30BrNO3. The lowest BCUT2D eigenvalue weighted by molar-refractivity contribution is -0.128. The summed E-state index contributed by atoms with van der Waals surface area (Å²) in [6.45, 7) is 2.66. The lowest BCUT2D eigenvalue weighted by atomic mass is 9.48. The van der Waals surface area contributed by atoms with Crippen molar-refractivity contribution in [3.63, 3.8) is 0 Å². The first-order chi connectivity index (χ1) is 11.0. The van der Waals surface area contributed by atoms with Gasteiger partial charge in [-0.25, -0.2) is 0 Å². The van der Waals surface area contributed by atoms with Crippen LogP contribution in [0.3, 0.4) is 0 Å². The van der Waals surface area contributed by atoms with Crippen molar-refractivity contribution in [3.05, 3.63) is 0 Å². The van der Waals surface area contributed by atoms with Crippen molar-refractivity contribution < 1.29 is 14.3 Å². The van der Waals surface area contributed by atoms with Gasteiger partial charge >= 0.3 is 0 Å². The number of alkyl halides is 1. The first kappa shape index (κ1) is 17.7. The van der Waals surface area contributed by atoms with Crippen LogP contribution in [-0.2, 0) is 14.3 Å². The predicted octanol–water partition coefficient (Wildman–Crippen LogP) is 3.28. The quantitative estimate of drug-likeness (QED) is 0.487. The maximum Gasteiger partial charge on any atom is 0.220 e. The molecule has 132 valence electrons. The summed E-state index contributed by atoms with van der Waals surface area (Å²) in [5.74, 6) is 1.93. The summed E-state index contributed by atoms with van der Waals surface area (Å²) in [5, 5.41) is 3.10. The molecule has 0 spiro atoms. The van der Waals surface area contributed by atoms with E-state index < -0.39 is 0 Å². The van der Waals surface area contributed by atoms with Crippen molar-refractivity contribution in [2.45, 2.75) is 55.7 Å². The third-order valence-electron chi connectivity index (χ3n) is 5.87. The number of nitrogens with one attached hydrogen (secondary N) is 1. The second-order valence-corrected chi connectivity index (χ2v) is 9.78. The second-order valence-electron chi connectivity index (χ2n) is 8.10. The molecule has 4 aliphatic carbocycles. The van der Waals surface area contributed by atoms with Crippen molar-refractivity contribution in [1.29, 1.82) is 0 Å². The Labute approximate surface area is 148 Å². The monoisotopic (exact) mass is 387 g/mol. The molecule has 4 saturated carbocycles. The summed E-state index contributed by atoms with van der Waals surface area (Å²) >= 11 is 4.02. The number of ether oxygens (including phenoxy) is 2. The molecule has 23 heavy (non-hydrogen) atoms. The van der Waals surface area contributed by atoms with Gasteiger partial charge in [0.2, 0.25) is 5.91 Å². The molecule has 0 aromatic heterocycles. The Morgan fingerprint density at radius 3 is 2.57 bits per heavy atom. The van der Waals surface area contributed by atoms with Gasteiger partial charge in [0.05, 0.1) is 13.2 Å². The first-order valence-corrected chi connectivity index (χ1v) is 9.84. The number of carbonyl (C=O) groups excluding carboxylic acids is 1. The lowest BCUT2D eigenvalue weighted by Crippen LogP contribution is -2.54. The van der Waals surface area contributed by atoms with Crippen LogP contribution in [0.25, 0.3) is 0 Å². The molecule has 0 aromatic rings.